The number of aromatic amines is 1. The van der Waals surface area contributed by atoms with Crippen LogP contribution in [0.1, 0.15) is 32.8 Å². The lowest BCUT2D eigenvalue weighted by Crippen LogP contribution is -2.47. The van der Waals surface area contributed by atoms with E-state index >= 15 is 0 Å². The summed E-state index contributed by atoms with van der Waals surface area (Å²) >= 11 is 0. The summed E-state index contributed by atoms with van der Waals surface area (Å²) in [5.74, 6) is 0.142. The second kappa shape index (κ2) is 6.85. The van der Waals surface area contributed by atoms with E-state index in [1.54, 1.807) is 0 Å². The number of nitrogens with one attached hydrogen (secondary N) is 1. The maximum Gasteiger partial charge on any atom is 0.253 e. The van der Waals surface area contributed by atoms with Crippen LogP contribution in [-0.4, -0.2) is 78.7 Å². The van der Waals surface area contributed by atoms with Crippen LogP contribution >= 0.6 is 0 Å². The minimum atomic E-state index is 0.0631. The van der Waals surface area contributed by atoms with Crippen molar-refractivity contribution in [1.29, 1.82) is 0 Å². The van der Waals surface area contributed by atoms with Gasteiger partial charge in [-0.1, -0.05) is 0 Å². The molecule has 1 amide bonds. The molecule has 0 bridgehead atoms. The van der Waals surface area contributed by atoms with Crippen molar-refractivity contribution >= 4 is 22.6 Å². The van der Waals surface area contributed by atoms with E-state index < -0.39 is 0 Å². The summed E-state index contributed by atoms with van der Waals surface area (Å²) in [4.78, 5) is 35.1. The fourth-order valence-corrected chi connectivity index (χ4v) is 3.99. The fourth-order valence-electron chi connectivity index (χ4n) is 3.99. The van der Waals surface area contributed by atoms with Crippen LogP contribution in [0, 0.1) is 0 Å². The number of Topliss-reactive ketones (excluding diaryl/α,β-unsaturated/α-hetero) is 1. The highest BCUT2D eigenvalue weighted by Crippen LogP contribution is 2.32. The third kappa shape index (κ3) is 3.25. The maximum atomic E-state index is 12.9. The number of piperazine rings is 1. The third-order valence-corrected chi connectivity index (χ3v) is 5.52. The number of aryl methyl sites for hydroxylation is 1. The number of nitrogens with zero attached hydrogens (tertiary/aromatic N) is 3. The van der Waals surface area contributed by atoms with Crippen molar-refractivity contribution < 1.29 is 9.59 Å². The van der Waals surface area contributed by atoms with Crippen molar-refractivity contribution in [1.82, 2.24) is 19.7 Å². The molecule has 6 nitrogen and oxygen atoms in total. The summed E-state index contributed by atoms with van der Waals surface area (Å²) in [5, 5.41) is 1.00. The number of benzene rings is 1. The molecule has 0 spiro atoms. The molecule has 0 atom stereocenters. The molecule has 1 N–H and O–H groups in total. The van der Waals surface area contributed by atoms with Crippen molar-refractivity contribution in [3.05, 3.63) is 46.8 Å². The number of carbonyl (C=O) groups is 2. The van der Waals surface area contributed by atoms with Crippen LogP contribution in [-0.2, 0) is 6.42 Å². The topological polar surface area (TPSA) is 59.7 Å². The second-order valence-corrected chi connectivity index (χ2v) is 7.78. The van der Waals surface area contributed by atoms with Gasteiger partial charge in [0.05, 0.1) is 5.69 Å². The zero-order valence-electron chi connectivity index (χ0n) is 16.2. The minimum absolute atomic E-state index is 0.0631. The Hall–Kier alpha value is -2.60. The minimum Gasteiger partial charge on any atom is -0.383 e. The second-order valence-electron chi connectivity index (χ2n) is 7.78. The third-order valence-electron chi connectivity index (χ3n) is 5.52. The van der Waals surface area contributed by atoms with Crippen molar-refractivity contribution in [2.75, 3.05) is 47.3 Å². The van der Waals surface area contributed by atoms with Crippen molar-refractivity contribution in [3.63, 3.8) is 0 Å². The molecular weight excluding hydrogens is 340 g/mol. The molecule has 4 rings (SSSR count). The van der Waals surface area contributed by atoms with Crippen LogP contribution in [0.25, 0.3) is 10.9 Å². The highest BCUT2D eigenvalue weighted by molar-refractivity contribution is 6.13. The first-order chi connectivity index (χ1) is 12.9. The summed E-state index contributed by atoms with van der Waals surface area (Å²) in [7, 11) is 5.93. The van der Waals surface area contributed by atoms with Gasteiger partial charge in [0.15, 0.2) is 0 Å². The van der Waals surface area contributed by atoms with E-state index in [2.05, 4.69) is 16.9 Å². The van der Waals surface area contributed by atoms with Gasteiger partial charge in [0.1, 0.15) is 0 Å². The first-order valence-corrected chi connectivity index (χ1v) is 9.48. The Morgan fingerprint density at radius 2 is 1.89 bits per heavy atom. The molecule has 27 heavy (non-hydrogen) atoms. The summed E-state index contributed by atoms with van der Waals surface area (Å²) < 4.78 is 0. The molecule has 1 aliphatic carbocycles. The van der Waals surface area contributed by atoms with Gasteiger partial charge in [-0.25, -0.2) is 0 Å². The number of amides is 1. The van der Waals surface area contributed by atoms with Crippen LogP contribution in [0.3, 0.4) is 0 Å². The number of H-pyrrole nitrogens is 1. The molecule has 1 aromatic carbocycles. The van der Waals surface area contributed by atoms with Crippen LogP contribution in [0.2, 0.25) is 0 Å². The van der Waals surface area contributed by atoms with Crippen molar-refractivity contribution in [2.24, 2.45) is 0 Å². The smallest absolute Gasteiger partial charge is 0.253 e. The van der Waals surface area contributed by atoms with Gasteiger partial charge in [-0.05, 0) is 43.7 Å². The van der Waals surface area contributed by atoms with Crippen LogP contribution in [0.5, 0.6) is 0 Å². The monoisotopic (exact) mass is 366 g/mol. The van der Waals surface area contributed by atoms with Gasteiger partial charge in [-0.15, -0.1) is 0 Å². The van der Waals surface area contributed by atoms with E-state index in [1.807, 2.05) is 48.3 Å². The number of rotatable bonds is 2. The van der Waals surface area contributed by atoms with E-state index in [0.717, 1.165) is 61.1 Å². The zero-order chi connectivity index (χ0) is 19.1. The standard InChI is InChI=1S/C21H26N4O2/c1-23(2)13-15-4-6-16-17-12-14(5-7-18(17)22-19(16)20(15)26)21(27)25-10-8-24(3)9-11-25/h5,7,12-13,22H,4,6,8-11H2,1-3H3/b15-13-. The van der Waals surface area contributed by atoms with Crippen LogP contribution < -0.4 is 0 Å². The first kappa shape index (κ1) is 17.8. The maximum absolute atomic E-state index is 12.9. The Morgan fingerprint density at radius 3 is 2.59 bits per heavy atom. The van der Waals surface area contributed by atoms with Gasteiger partial charge >= 0.3 is 0 Å². The molecule has 0 saturated carbocycles. The van der Waals surface area contributed by atoms with Crippen LogP contribution in [0.15, 0.2) is 30.0 Å². The number of aromatic nitrogens is 1. The Balaban J connectivity index is 1.66. The average molecular weight is 366 g/mol. The number of likely N-dealkylation sites (N-methyl/N-ethyl adjacent to an activating group) is 1. The Kier molecular flexibility index (Phi) is 4.52. The van der Waals surface area contributed by atoms with Crippen molar-refractivity contribution in [2.45, 2.75) is 12.8 Å². The highest BCUT2D eigenvalue weighted by Gasteiger charge is 2.27. The predicted octanol–water partition coefficient (Wildman–Crippen LogP) is 2.13. The summed E-state index contributed by atoms with van der Waals surface area (Å²) in [5.41, 5.74) is 4.17. The fraction of sp³-hybridized carbons (Fsp3) is 0.429. The van der Waals surface area contributed by atoms with E-state index in [1.165, 1.54) is 0 Å². The number of ketones is 1. The largest absolute Gasteiger partial charge is 0.383 e. The number of hydrogen-bond acceptors (Lipinski definition) is 4. The Bertz CT molecular complexity index is 933. The van der Waals surface area contributed by atoms with Gasteiger partial charge < -0.3 is 19.7 Å². The van der Waals surface area contributed by atoms with Crippen LogP contribution in [0.4, 0.5) is 0 Å². The molecule has 1 aliphatic heterocycles. The van der Waals surface area contributed by atoms with Crippen molar-refractivity contribution in [3.8, 4) is 0 Å². The molecule has 1 saturated heterocycles. The van der Waals surface area contributed by atoms with Gasteiger partial charge in [-0.3, -0.25) is 9.59 Å². The first-order valence-electron chi connectivity index (χ1n) is 9.48. The number of carbonyl (C=O) groups excluding carboxylic acids is 2. The zero-order valence-corrected chi connectivity index (χ0v) is 16.2. The molecule has 2 aromatic rings. The quantitative estimate of drug-likeness (QED) is 0.828. The number of hydrogen-bond donors (Lipinski definition) is 1. The van der Waals surface area contributed by atoms with E-state index in [9.17, 15) is 9.59 Å². The normalized spacial score (nSPS) is 19.6. The van der Waals surface area contributed by atoms with E-state index in [-0.39, 0.29) is 11.7 Å². The molecular formula is C21H26N4O2. The average Bonchev–Trinajstić information content (AvgIpc) is 3.02. The highest BCUT2D eigenvalue weighted by atomic mass is 16.2. The SMILES string of the molecule is CN(C)/C=C1/CCc2c([nH]c3ccc(C(=O)N4CCN(C)CC4)cc23)C1=O. The van der Waals surface area contributed by atoms with Gasteiger partial charge in [0.25, 0.3) is 5.91 Å². The molecule has 2 aliphatic rings. The molecule has 6 heteroatoms. The van der Waals surface area contributed by atoms with Gasteiger partial charge in [0.2, 0.25) is 5.78 Å². The lowest BCUT2D eigenvalue weighted by molar-refractivity contribution is 0.0664. The molecule has 0 radical (unpaired) electrons. The Morgan fingerprint density at radius 1 is 1.15 bits per heavy atom. The molecule has 1 aromatic heterocycles. The lowest BCUT2D eigenvalue weighted by Gasteiger charge is -2.32. The Labute approximate surface area is 159 Å². The summed E-state index contributed by atoms with van der Waals surface area (Å²) in [6, 6.07) is 5.75. The molecule has 2 heterocycles. The number of fused-ring (bicyclic) bond motifs is 3. The van der Waals surface area contributed by atoms with Gasteiger partial charge in [0, 0.05) is 68.5 Å². The van der Waals surface area contributed by atoms with E-state index in [0.29, 0.717) is 11.3 Å². The summed E-state index contributed by atoms with van der Waals surface area (Å²) in [6.45, 7) is 3.33. The molecule has 142 valence electrons. The van der Waals surface area contributed by atoms with E-state index in [4.69, 9.17) is 0 Å². The predicted molar refractivity (Wildman–Crippen MR) is 106 cm³/mol. The number of allylic oxidation sites excluding steroid dienone is 1. The lowest BCUT2D eigenvalue weighted by atomic mass is 9.90. The molecule has 1 fully saturated rings. The molecule has 0 unspecified atom stereocenters. The van der Waals surface area contributed by atoms with Gasteiger partial charge in [-0.2, -0.15) is 0 Å². The summed E-state index contributed by atoms with van der Waals surface area (Å²) in [6.07, 6.45) is 3.44.